The van der Waals surface area contributed by atoms with Gasteiger partial charge in [0.05, 0.1) is 12.5 Å². The van der Waals surface area contributed by atoms with Crippen molar-refractivity contribution in [3.8, 4) is 0 Å². The topological polar surface area (TPSA) is 100 Å². The van der Waals surface area contributed by atoms with Crippen molar-refractivity contribution in [2.75, 3.05) is 19.6 Å². The molecule has 1 aliphatic heterocycles. The van der Waals surface area contributed by atoms with Crippen molar-refractivity contribution >= 4 is 11.8 Å². The molecule has 1 fully saturated rings. The van der Waals surface area contributed by atoms with Gasteiger partial charge in [-0.1, -0.05) is 35.5 Å². The summed E-state index contributed by atoms with van der Waals surface area (Å²) in [7, 11) is 0. The van der Waals surface area contributed by atoms with Crippen LogP contribution in [0.15, 0.2) is 34.9 Å². The van der Waals surface area contributed by atoms with E-state index in [0.29, 0.717) is 37.8 Å². The van der Waals surface area contributed by atoms with E-state index in [4.69, 9.17) is 4.52 Å². The van der Waals surface area contributed by atoms with Crippen LogP contribution in [0.1, 0.15) is 23.7 Å². The molecule has 8 heteroatoms. The summed E-state index contributed by atoms with van der Waals surface area (Å²) in [5, 5.41) is 9.46. The number of carbonyl (C=O) groups excluding carboxylic acids is 2. The molecule has 2 amide bonds. The quantitative estimate of drug-likeness (QED) is 0.745. The fourth-order valence-corrected chi connectivity index (χ4v) is 3.00. The van der Waals surface area contributed by atoms with Gasteiger partial charge in [0.2, 0.25) is 17.7 Å². The minimum absolute atomic E-state index is 0.101. The lowest BCUT2D eigenvalue weighted by Gasteiger charge is -2.34. The monoisotopic (exact) mass is 357 g/mol. The zero-order valence-electron chi connectivity index (χ0n) is 14.8. The molecule has 0 bridgehead atoms. The van der Waals surface area contributed by atoms with Crippen molar-refractivity contribution in [2.24, 2.45) is 0 Å². The average molecular weight is 357 g/mol. The number of nitrogens with one attached hydrogen (secondary N) is 2. The number of amides is 2. The van der Waals surface area contributed by atoms with Gasteiger partial charge in [-0.15, -0.1) is 0 Å². The minimum Gasteiger partial charge on any atom is -0.356 e. The number of benzene rings is 1. The predicted octanol–water partition coefficient (Wildman–Crippen LogP) is 0.427. The first-order chi connectivity index (χ1) is 12.6. The highest BCUT2D eigenvalue weighted by Gasteiger charge is 2.31. The molecule has 0 saturated carbocycles. The lowest BCUT2D eigenvalue weighted by Crippen LogP contribution is -2.56. The van der Waals surface area contributed by atoms with Crippen molar-refractivity contribution in [1.29, 1.82) is 0 Å². The number of rotatable bonds is 7. The zero-order chi connectivity index (χ0) is 18.4. The standard InChI is InChI=1S/C18H23N5O3/c1-13-21-16(22-26-13)7-8-19-17(24)11-15-18(25)20-9-10-23(15)12-14-5-3-2-4-6-14/h2-6,15H,7-12H2,1H3,(H,19,24)(H,20,25). The van der Waals surface area contributed by atoms with Crippen molar-refractivity contribution in [3.05, 3.63) is 47.6 Å². The largest absolute Gasteiger partial charge is 0.356 e. The lowest BCUT2D eigenvalue weighted by atomic mass is 10.1. The van der Waals surface area contributed by atoms with E-state index < -0.39 is 6.04 Å². The molecular weight excluding hydrogens is 334 g/mol. The third-order valence-electron chi connectivity index (χ3n) is 4.29. The Hall–Kier alpha value is -2.74. The molecule has 0 radical (unpaired) electrons. The van der Waals surface area contributed by atoms with Gasteiger partial charge >= 0.3 is 0 Å². The van der Waals surface area contributed by atoms with E-state index in [9.17, 15) is 9.59 Å². The van der Waals surface area contributed by atoms with Crippen LogP contribution in [0.3, 0.4) is 0 Å². The Morgan fingerprint density at radius 3 is 2.92 bits per heavy atom. The van der Waals surface area contributed by atoms with Crippen LogP contribution in [-0.4, -0.2) is 52.5 Å². The first kappa shape index (κ1) is 18.1. The SMILES string of the molecule is Cc1nc(CCNC(=O)CC2C(=O)NCCN2Cc2ccccc2)no1. The van der Waals surface area contributed by atoms with Gasteiger partial charge in [-0.25, -0.2) is 0 Å². The van der Waals surface area contributed by atoms with Crippen LogP contribution in [0, 0.1) is 6.92 Å². The predicted molar refractivity (Wildman–Crippen MR) is 94.0 cm³/mol. The second-order valence-corrected chi connectivity index (χ2v) is 6.30. The molecule has 1 aromatic heterocycles. The Morgan fingerprint density at radius 1 is 1.38 bits per heavy atom. The Morgan fingerprint density at radius 2 is 2.19 bits per heavy atom. The number of carbonyl (C=O) groups is 2. The number of hydrogen-bond donors (Lipinski definition) is 2. The maximum atomic E-state index is 12.3. The van der Waals surface area contributed by atoms with Crippen molar-refractivity contribution in [1.82, 2.24) is 25.7 Å². The van der Waals surface area contributed by atoms with Gasteiger partial charge in [-0.3, -0.25) is 14.5 Å². The van der Waals surface area contributed by atoms with E-state index >= 15 is 0 Å². The van der Waals surface area contributed by atoms with Crippen LogP contribution in [0.25, 0.3) is 0 Å². The van der Waals surface area contributed by atoms with Gasteiger partial charge in [-0.05, 0) is 5.56 Å². The molecule has 1 unspecified atom stereocenters. The first-order valence-corrected chi connectivity index (χ1v) is 8.73. The summed E-state index contributed by atoms with van der Waals surface area (Å²) in [5.74, 6) is 0.798. The van der Waals surface area contributed by atoms with E-state index in [1.54, 1.807) is 6.92 Å². The van der Waals surface area contributed by atoms with Crippen molar-refractivity contribution in [3.63, 3.8) is 0 Å². The van der Waals surface area contributed by atoms with E-state index in [2.05, 4.69) is 25.7 Å². The molecule has 3 rings (SSSR count). The molecule has 1 aliphatic rings. The smallest absolute Gasteiger partial charge is 0.237 e. The Bertz CT molecular complexity index is 746. The molecule has 2 N–H and O–H groups in total. The van der Waals surface area contributed by atoms with Gasteiger partial charge in [0.25, 0.3) is 0 Å². The third-order valence-corrected chi connectivity index (χ3v) is 4.29. The highest BCUT2D eigenvalue weighted by atomic mass is 16.5. The summed E-state index contributed by atoms with van der Waals surface area (Å²) in [6.07, 6.45) is 0.623. The van der Waals surface area contributed by atoms with Gasteiger partial charge in [-0.2, -0.15) is 4.98 Å². The fraction of sp³-hybridized carbons (Fsp3) is 0.444. The first-order valence-electron chi connectivity index (χ1n) is 8.73. The summed E-state index contributed by atoms with van der Waals surface area (Å²) in [6.45, 7) is 4.10. The normalized spacial score (nSPS) is 17.7. The summed E-state index contributed by atoms with van der Waals surface area (Å²) in [4.78, 5) is 30.7. The molecule has 1 aromatic carbocycles. The number of piperazine rings is 1. The summed E-state index contributed by atoms with van der Waals surface area (Å²) in [6, 6.07) is 9.49. The van der Waals surface area contributed by atoms with Crippen LogP contribution in [0.2, 0.25) is 0 Å². The number of aromatic nitrogens is 2. The van der Waals surface area contributed by atoms with Gasteiger partial charge in [0.1, 0.15) is 0 Å². The second kappa shape index (κ2) is 8.57. The molecule has 138 valence electrons. The zero-order valence-corrected chi connectivity index (χ0v) is 14.8. The lowest BCUT2D eigenvalue weighted by molar-refractivity contribution is -0.134. The number of aryl methyl sites for hydroxylation is 1. The minimum atomic E-state index is -0.462. The van der Waals surface area contributed by atoms with Gasteiger partial charge in [0, 0.05) is 39.5 Å². The average Bonchev–Trinajstić information content (AvgIpc) is 3.04. The highest BCUT2D eigenvalue weighted by molar-refractivity contribution is 5.88. The van der Waals surface area contributed by atoms with Crippen molar-refractivity contribution < 1.29 is 14.1 Å². The molecule has 1 atom stereocenters. The highest BCUT2D eigenvalue weighted by Crippen LogP contribution is 2.13. The van der Waals surface area contributed by atoms with E-state index in [0.717, 1.165) is 12.1 Å². The fourth-order valence-electron chi connectivity index (χ4n) is 3.00. The Labute approximate surface area is 151 Å². The van der Waals surface area contributed by atoms with Crippen LogP contribution in [0.4, 0.5) is 0 Å². The molecule has 2 heterocycles. The molecule has 1 saturated heterocycles. The Kier molecular flexibility index (Phi) is 5.96. The summed E-state index contributed by atoms with van der Waals surface area (Å²) >= 11 is 0. The van der Waals surface area contributed by atoms with Gasteiger partial charge in [0.15, 0.2) is 5.82 Å². The van der Waals surface area contributed by atoms with Crippen LogP contribution in [-0.2, 0) is 22.6 Å². The van der Waals surface area contributed by atoms with E-state index in [1.165, 1.54) is 0 Å². The molecule has 0 aliphatic carbocycles. The third kappa shape index (κ3) is 4.89. The molecule has 0 spiro atoms. The number of nitrogens with zero attached hydrogens (tertiary/aromatic N) is 3. The molecule has 26 heavy (non-hydrogen) atoms. The van der Waals surface area contributed by atoms with Crippen LogP contribution < -0.4 is 10.6 Å². The maximum absolute atomic E-state index is 12.3. The second-order valence-electron chi connectivity index (χ2n) is 6.30. The maximum Gasteiger partial charge on any atom is 0.237 e. The summed E-state index contributed by atoms with van der Waals surface area (Å²) < 4.78 is 4.89. The van der Waals surface area contributed by atoms with E-state index in [1.807, 2.05) is 30.3 Å². The van der Waals surface area contributed by atoms with Crippen LogP contribution in [0.5, 0.6) is 0 Å². The molecule has 2 aromatic rings. The Balaban J connectivity index is 1.52. The number of hydrogen-bond acceptors (Lipinski definition) is 6. The van der Waals surface area contributed by atoms with Crippen molar-refractivity contribution in [2.45, 2.75) is 32.4 Å². The van der Waals surface area contributed by atoms with Gasteiger partial charge < -0.3 is 15.2 Å². The molecule has 8 nitrogen and oxygen atoms in total. The summed E-state index contributed by atoms with van der Waals surface area (Å²) in [5.41, 5.74) is 1.13. The van der Waals surface area contributed by atoms with Crippen LogP contribution >= 0.6 is 0 Å². The van der Waals surface area contributed by atoms with E-state index in [-0.39, 0.29) is 18.2 Å². The molecular formula is C18H23N5O3.